The molecule has 4 rings (SSSR count). The van der Waals surface area contributed by atoms with Gasteiger partial charge in [0.15, 0.2) is 0 Å². The summed E-state index contributed by atoms with van der Waals surface area (Å²) in [4.78, 5) is 19.5. The molecule has 0 radical (unpaired) electrons. The molecule has 7 heteroatoms. The van der Waals surface area contributed by atoms with E-state index in [1.165, 1.54) is 5.56 Å². The summed E-state index contributed by atoms with van der Waals surface area (Å²) in [5.41, 5.74) is 2.14. The van der Waals surface area contributed by atoms with Crippen molar-refractivity contribution in [3.05, 3.63) is 77.9 Å². The Morgan fingerprint density at radius 2 is 1.67 bits per heavy atom. The zero-order valence-corrected chi connectivity index (χ0v) is 17.0. The van der Waals surface area contributed by atoms with Crippen molar-refractivity contribution >= 4 is 5.91 Å². The first-order valence-corrected chi connectivity index (χ1v) is 10.4. The van der Waals surface area contributed by atoms with Crippen LogP contribution in [0.4, 0.5) is 0 Å². The third kappa shape index (κ3) is 5.31. The molecule has 0 saturated carbocycles. The highest BCUT2D eigenvalue weighted by molar-refractivity contribution is 5.90. The number of nitrogens with one attached hydrogen (secondary N) is 1. The van der Waals surface area contributed by atoms with Crippen LogP contribution in [-0.4, -0.2) is 65.0 Å². The number of rotatable bonds is 8. The first kappa shape index (κ1) is 20.3. The number of aromatic nitrogens is 3. The van der Waals surface area contributed by atoms with Gasteiger partial charge in [0.1, 0.15) is 5.82 Å². The van der Waals surface area contributed by atoms with Crippen molar-refractivity contribution < 1.29 is 9.53 Å². The summed E-state index contributed by atoms with van der Waals surface area (Å²) >= 11 is 0. The van der Waals surface area contributed by atoms with Crippen LogP contribution in [0.15, 0.2) is 60.7 Å². The molecule has 2 heterocycles. The Morgan fingerprint density at radius 1 is 0.967 bits per heavy atom. The molecular formula is C23H27N5O2. The van der Waals surface area contributed by atoms with Gasteiger partial charge in [0, 0.05) is 32.6 Å². The predicted molar refractivity (Wildman–Crippen MR) is 115 cm³/mol. The number of hydrogen-bond acceptors (Lipinski definition) is 5. The van der Waals surface area contributed by atoms with Crippen molar-refractivity contribution in [2.45, 2.75) is 12.8 Å². The highest BCUT2D eigenvalue weighted by atomic mass is 16.5. The van der Waals surface area contributed by atoms with Crippen molar-refractivity contribution in [1.29, 1.82) is 0 Å². The number of hydrogen-bond donors (Lipinski definition) is 1. The fourth-order valence-corrected chi connectivity index (χ4v) is 3.51. The largest absolute Gasteiger partial charge is 0.379 e. The molecule has 1 aliphatic rings. The lowest BCUT2D eigenvalue weighted by atomic mass is 10.1. The van der Waals surface area contributed by atoms with Gasteiger partial charge in [-0.05, 0) is 24.1 Å². The predicted octanol–water partition coefficient (Wildman–Crippen LogP) is 2.11. The van der Waals surface area contributed by atoms with E-state index in [0.29, 0.717) is 13.0 Å². The van der Waals surface area contributed by atoms with Crippen LogP contribution in [0.25, 0.3) is 5.69 Å². The van der Waals surface area contributed by atoms with Crippen molar-refractivity contribution in [2.24, 2.45) is 0 Å². The van der Waals surface area contributed by atoms with E-state index >= 15 is 0 Å². The topological polar surface area (TPSA) is 72.3 Å². The standard InChI is InChI=1S/C23H27N5O2/c29-23(24-13-14-27-15-17-30-18-16-27)22-25-21(12-11-19-7-3-1-4-8-19)28(26-22)20-9-5-2-6-10-20/h1-10H,11-18H2,(H,24,29). The maximum absolute atomic E-state index is 12.7. The molecule has 0 aliphatic carbocycles. The van der Waals surface area contributed by atoms with E-state index in [4.69, 9.17) is 4.74 Å². The highest BCUT2D eigenvalue weighted by Gasteiger charge is 2.18. The van der Waals surface area contributed by atoms with Gasteiger partial charge in [0.2, 0.25) is 5.82 Å². The average Bonchev–Trinajstić information content (AvgIpc) is 3.24. The monoisotopic (exact) mass is 405 g/mol. The van der Waals surface area contributed by atoms with Gasteiger partial charge >= 0.3 is 0 Å². The Bertz CT molecular complexity index is 937. The van der Waals surface area contributed by atoms with E-state index < -0.39 is 0 Å². The number of carbonyl (C=O) groups is 1. The van der Waals surface area contributed by atoms with Gasteiger partial charge in [-0.25, -0.2) is 9.67 Å². The quantitative estimate of drug-likeness (QED) is 0.622. The van der Waals surface area contributed by atoms with E-state index in [2.05, 4.69) is 32.4 Å². The van der Waals surface area contributed by atoms with E-state index in [1.54, 1.807) is 4.68 Å². The Hall–Kier alpha value is -3.03. The van der Waals surface area contributed by atoms with E-state index in [1.807, 2.05) is 48.5 Å². The summed E-state index contributed by atoms with van der Waals surface area (Å²) in [7, 11) is 0. The highest BCUT2D eigenvalue weighted by Crippen LogP contribution is 2.13. The molecule has 7 nitrogen and oxygen atoms in total. The van der Waals surface area contributed by atoms with Crippen LogP contribution in [0.5, 0.6) is 0 Å². The Morgan fingerprint density at radius 3 is 2.40 bits per heavy atom. The van der Waals surface area contributed by atoms with Crippen LogP contribution in [0, 0.1) is 0 Å². The maximum Gasteiger partial charge on any atom is 0.291 e. The molecule has 1 N–H and O–H groups in total. The van der Waals surface area contributed by atoms with Crippen LogP contribution in [0.3, 0.4) is 0 Å². The van der Waals surface area contributed by atoms with Crippen LogP contribution < -0.4 is 5.32 Å². The van der Waals surface area contributed by atoms with Crippen molar-refractivity contribution in [2.75, 3.05) is 39.4 Å². The summed E-state index contributed by atoms with van der Waals surface area (Å²) in [6.07, 6.45) is 1.54. The number of ether oxygens (including phenoxy) is 1. The number of morpholine rings is 1. The van der Waals surface area contributed by atoms with Crippen LogP contribution in [0.1, 0.15) is 22.0 Å². The number of carbonyl (C=O) groups excluding carboxylic acids is 1. The van der Waals surface area contributed by atoms with Gasteiger partial charge in [0.05, 0.1) is 18.9 Å². The van der Waals surface area contributed by atoms with Gasteiger partial charge in [-0.1, -0.05) is 48.5 Å². The molecule has 1 aliphatic heterocycles. The minimum atomic E-state index is -0.237. The molecule has 1 fully saturated rings. The molecule has 156 valence electrons. The average molecular weight is 406 g/mol. The molecule has 0 atom stereocenters. The minimum absolute atomic E-state index is 0.212. The van der Waals surface area contributed by atoms with E-state index in [-0.39, 0.29) is 11.7 Å². The SMILES string of the molecule is O=C(NCCN1CCOCC1)c1nc(CCc2ccccc2)n(-c2ccccc2)n1. The lowest BCUT2D eigenvalue weighted by molar-refractivity contribution is 0.0383. The Kier molecular flexibility index (Phi) is 6.84. The second-order valence-corrected chi connectivity index (χ2v) is 7.29. The zero-order valence-electron chi connectivity index (χ0n) is 17.0. The lowest BCUT2D eigenvalue weighted by Gasteiger charge is -2.26. The second-order valence-electron chi connectivity index (χ2n) is 7.29. The summed E-state index contributed by atoms with van der Waals surface area (Å²) in [5.74, 6) is 0.756. The van der Waals surface area contributed by atoms with Gasteiger partial charge < -0.3 is 10.1 Å². The van der Waals surface area contributed by atoms with Gasteiger partial charge in [-0.2, -0.15) is 0 Å². The summed E-state index contributed by atoms with van der Waals surface area (Å²) in [5, 5.41) is 7.47. The summed E-state index contributed by atoms with van der Waals surface area (Å²) < 4.78 is 7.14. The normalized spacial score (nSPS) is 14.5. The molecule has 0 unspecified atom stereocenters. The zero-order chi connectivity index (χ0) is 20.6. The maximum atomic E-state index is 12.7. The van der Waals surface area contributed by atoms with Crippen molar-refractivity contribution in [3.63, 3.8) is 0 Å². The number of amides is 1. The van der Waals surface area contributed by atoms with Crippen LogP contribution in [-0.2, 0) is 17.6 Å². The molecule has 1 amide bonds. The van der Waals surface area contributed by atoms with E-state index in [0.717, 1.165) is 50.8 Å². The number of aryl methyl sites for hydroxylation is 2. The molecule has 0 bridgehead atoms. The minimum Gasteiger partial charge on any atom is -0.379 e. The van der Waals surface area contributed by atoms with Gasteiger partial charge in [0.25, 0.3) is 5.91 Å². The number of para-hydroxylation sites is 1. The summed E-state index contributed by atoms with van der Waals surface area (Å²) in [6.45, 7) is 4.68. The second kappa shape index (κ2) is 10.1. The van der Waals surface area contributed by atoms with E-state index in [9.17, 15) is 4.79 Å². The van der Waals surface area contributed by atoms with Crippen molar-refractivity contribution in [3.8, 4) is 5.69 Å². The third-order valence-electron chi connectivity index (χ3n) is 5.18. The molecule has 30 heavy (non-hydrogen) atoms. The first-order valence-electron chi connectivity index (χ1n) is 10.4. The molecular weight excluding hydrogens is 378 g/mol. The van der Waals surface area contributed by atoms with Gasteiger partial charge in [-0.3, -0.25) is 9.69 Å². The fourth-order valence-electron chi connectivity index (χ4n) is 3.51. The summed E-state index contributed by atoms with van der Waals surface area (Å²) in [6, 6.07) is 20.1. The fraction of sp³-hybridized carbons (Fsp3) is 0.348. The number of benzene rings is 2. The van der Waals surface area contributed by atoms with Crippen molar-refractivity contribution in [1.82, 2.24) is 25.0 Å². The first-order chi connectivity index (χ1) is 14.8. The Balaban J connectivity index is 1.44. The molecule has 3 aromatic rings. The van der Waals surface area contributed by atoms with Gasteiger partial charge in [-0.15, -0.1) is 5.10 Å². The smallest absolute Gasteiger partial charge is 0.291 e. The van der Waals surface area contributed by atoms with Crippen LogP contribution >= 0.6 is 0 Å². The Labute approximate surface area is 176 Å². The molecule has 0 spiro atoms. The number of nitrogens with zero attached hydrogens (tertiary/aromatic N) is 4. The molecule has 1 aromatic heterocycles. The molecule has 1 saturated heterocycles. The molecule has 2 aromatic carbocycles. The lowest BCUT2D eigenvalue weighted by Crippen LogP contribution is -2.41. The third-order valence-corrected chi connectivity index (χ3v) is 5.18. The van der Waals surface area contributed by atoms with Crippen LogP contribution in [0.2, 0.25) is 0 Å².